The van der Waals surface area contributed by atoms with Crippen molar-refractivity contribution in [3.63, 3.8) is 0 Å². The fourth-order valence-electron chi connectivity index (χ4n) is 2.05. The molecule has 0 fully saturated rings. The van der Waals surface area contributed by atoms with Crippen LogP contribution in [0.25, 0.3) is 11.0 Å². The molecule has 0 saturated carbocycles. The van der Waals surface area contributed by atoms with Gasteiger partial charge in [-0.2, -0.15) is 10.4 Å². The summed E-state index contributed by atoms with van der Waals surface area (Å²) in [5, 5.41) is 13.4. The first-order valence-electron chi connectivity index (χ1n) is 6.64. The molecule has 3 aromatic rings. The lowest BCUT2D eigenvalue weighted by Crippen LogP contribution is -2.04. The summed E-state index contributed by atoms with van der Waals surface area (Å²) in [6, 6.07) is 16.9. The molecular formula is C16H13N5O. The predicted molar refractivity (Wildman–Crippen MR) is 84.9 cm³/mol. The first kappa shape index (κ1) is 13.6. The number of hydrazone groups is 1. The van der Waals surface area contributed by atoms with E-state index in [4.69, 9.17) is 4.74 Å². The van der Waals surface area contributed by atoms with Crippen LogP contribution in [0.2, 0.25) is 0 Å². The van der Waals surface area contributed by atoms with Gasteiger partial charge in [0.2, 0.25) is 5.71 Å². The summed E-state index contributed by atoms with van der Waals surface area (Å²) in [6.07, 6.45) is 0. The maximum absolute atomic E-state index is 9.30. The molecule has 1 heterocycles. The lowest BCUT2D eigenvalue weighted by molar-refractivity contribution is 0.416. The maximum atomic E-state index is 9.30. The summed E-state index contributed by atoms with van der Waals surface area (Å²) in [6.45, 7) is 0. The summed E-state index contributed by atoms with van der Waals surface area (Å²) < 4.78 is 5.23. The minimum atomic E-state index is 0.169. The molecule has 0 aliphatic carbocycles. The second kappa shape index (κ2) is 5.97. The number of methoxy groups -OCH3 is 1. The Bertz CT molecular complexity index is 842. The average Bonchev–Trinajstić information content (AvgIpc) is 2.99. The number of fused-ring (bicyclic) bond motifs is 1. The summed E-state index contributed by atoms with van der Waals surface area (Å²) in [5.74, 6) is 1.07. The molecule has 1 aromatic heterocycles. The van der Waals surface area contributed by atoms with Crippen LogP contribution in [0.5, 0.6) is 5.75 Å². The molecule has 0 saturated heterocycles. The van der Waals surface area contributed by atoms with Crippen molar-refractivity contribution in [3.8, 4) is 11.8 Å². The van der Waals surface area contributed by atoms with Gasteiger partial charge in [-0.15, -0.1) is 0 Å². The zero-order valence-corrected chi connectivity index (χ0v) is 11.9. The molecule has 6 heteroatoms. The molecule has 22 heavy (non-hydrogen) atoms. The maximum Gasteiger partial charge on any atom is 0.203 e. The van der Waals surface area contributed by atoms with Crippen LogP contribution in [0.4, 0.5) is 5.69 Å². The topological polar surface area (TPSA) is 86.1 Å². The highest BCUT2D eigenvalue weighted by atomic mass is 16.5. The van der Waals surface area contributed by atoms with Gasteiger partial charge in [0.1, 0.15) is 11.8 Å². The highest BCUT2D eigenvalue weighted by Crippen LogP contribution is 2.23. The van der Waals surface area contributed by atoms with E-state index in [1.165, 1.54) is 0 Å². The standard InChI is InChI=1S/C16H13N5O/c1-22-15-9-5-4-8-13(15)20-21-14(10-17)16-18-11-6-2-3-7-12(11)19-16/h2-9,20H,1H3,(H,18,19)/b21-14+. The predicted octanol–water partition coefficient (Wildman–Crippen LogP) is 2.91. The first-order valence-corrected chi connectivity index (χ1v) is 6.64. The Morgan fingerprint density at radius 2 is 2.00 bits per heavy atom. The monoisotopic (exact) mass is 291 g/mol. The molecular weight excluding hydrogens is 278 g/mol. The molecule has 0 bridgehead atoms. The van der Waals surface area contributed by atoms with E-state index < -0.39 is 0 Å². The molecule has 0 amide bonds. The average molecular weight is 291 g/mol. The quantitative estimate of drug-likeness (QED) is 0.571. The Kier molecular flexibility index (Phi) is 3.70. The third-order valence-electron chi connectivity index (χ3n) is 3.11. The summed E-state index contributed by atoms with van der Waals surface area (Å²) >= 11 is 0. The summed E-state index contributed by atoms with van der Waals surface area (Å²) in [4.78, 5) is 7.43. The summed E-state index contributed by atoms with van der Waals surface area (Å²) in [5.41, 5.74) is 5.33. The number of hydrogen-bond acceptors (Lipinski definition) is 5. The molecule has 0 spiro atoms. The van der Waals surface area contributed by atoms with Gasteiger partial charge in [0.25, 0.3) is 0 Å². The largest absolute Gasteiger partial charge is 0.495 e. The number of benzene rings is 2. The molecule has 6 nitrogen and oxygen atoms in total. The van der Waals surface area contributed by atoms with Gasteiger partial charge in [0.15, 0.2) is 5.82 Å². The molecule has 0 atom stereocenters. The molecule has 0 radical (unpaired) electrons. The van der Waals surface area contributed by atoms with E-state index in [2.05, 4.69) is 20.5 Å². The number of H-pyrrole nitrogens is 1. The number of aromatic amines is 1. The third kappa shape index (κ3) is 2.60. The van der Waals surface area contributed by atoms with Crippen molar-refractivity contribution >= 4 is 22.4 Å². The van der Waals surface area contributed by atoms with Gasteiger partial charge in [-0.25, -0.2) is 4.98 Å². The number of nitrogens with one attached hydrogen (secondary N) is 2. The molecule has 2 aromatic carbocycles. The van der Waals surface area contributed by atoms with E-state index in [0.717, 1.165) is 11.0 Å². The number of nitriles is 1. The Morgan fingerprint density at radius 3 is 2.77 bits per heavy atom. The minimum Gasteiger partial charge on any atom is -0.495 e. The Morgan fingerprint density at radius 1 is 1.23 bits per heavy atom. The number of para-hydroxylation sites is 4. The van der Waals surface area contributed by atoms with Gasteiger partial charge >= 0.3 is 0 Å². The van der Waals surface area contributed by atoms with Crippen molar-refractivity contribution in [3.05, 3.63) is 54.4 Å². The Hall–Kier alpha value is -3.33. The number of rotatable bonds is 4. The van der Waals surface area contributed by atoms with Crippen LogP contribution < -0.4 is 10.2 Å². The smallest absolute Gasteiger partial charge is 0.203 e. The zero-order chi connectivity index (χ0) is 15.4. The molecule has 3 rings (SSSR count). The normalized spacial score (nSPS) is 11.2. The van der Waals surface area contributed by atoms with Crippen LogP contribution >= 0.6 is 0 Å². The first-order chi connectivity index (χ1) is 10.8. The molecule has 108 valence electrons. The van der Waals surface area contributed by atoms with Crippen LogP contribution in [-0.2, 0) is 0 Å². The van der Waals surface area contributed by atoms with E-state index in [1.54, 1.807) is 7.11 Å². The van der Waals surface area contributed by atoms with Crippen LogP contribution in [0.3, 0.4) is 0 Å². The van der Waals surface area contributed by atoms with Crippen molar-refractivity contribution in [2.24, 2.45) is 5.10 Å². The van der Waals surface area contributed by atoms with E-state index >= 15 is 0 Å². The minimum absolute atomic E-state index is 0.169. The van der Waals surface area contributed by atoms with Gasteiger partial charge in [-0.3, -0.25) is 5.43 Å². The SMILES string of the molecule is COc1ccccc1N/N=C(\C#N)c1nc2ccccc2[nH]1. The number of anilines is 1. The van der Waals surface area contributed by atoms with Crippen LogP contribution in [0.15, 0.2) is 53.6 Å². The van der Waals surface area contributed by atoms with Gasteiger partial charge in [-0.05, 0) is 24.3 Å². The zero-order valence-electron chi connectivity index (χ0n) is 11.9. The van der Waals surface area contributed by atoms with E-state index in [-0.39, 0.29) is 5.71 Å². The number of aromatic nitrogens is 2. The lowest BCUT2D eigenvalue weighted by atomic mass is 10.3. The van der Waals surface area contributed by atoms with Crippen LogP contribution in [0, 0.1) is 11.3 Å². The molecule has 2 N–H and O–H groups in total. The van der Waals surface area contributed by atoms with Crippen molar-refractivity contribution in [2.75, 3.05) is 12.5 Å². The van der Waals surface area contributed by atoms with E-state index in [9.17, 15) is 5.26 Å². The molecule has 0 aliphatic heterocycles. The van der Waals surface area contributed by atoms with Gasteiger partial charge in [0, 0.05) is 0 Å². The Labute approximate surface area is 127 Å². The van der Waals surface area contributed by atoms with Gasteiger partial charge in [-0.1, -0.05) is 24.3 Å². The van der Waals surface area contributed by atoms with Crippen LogP contribution in [-0.4, -0.2) is 22.8 Å². The number of ether oxygens (including phenoxy) is 1. The van der Waals surface area contributed by atoms with E-state index in [0.29, 0.717) is 17.3 Å². The van der Waals surface area contributed by atoms with E-state index in [1.807, 2.05) is 54.6 Å². The number of imidazole rings is 1. The number of nitrogens with zero attached hydrogens (tertiary/aromatic N) is 3. The van der Waals surface area contributed by atoms with Crippen molar-refractivity contribution in [2.45, 2.75) is 0 Å². The highest BCUT2D eigenvalue weighted by molar-refractivity contribution is 6.10. The second-order valence-electron chi connectivity index (χ2n) is 4.49. The second-order valence-corrected chi connectivity index (χ2v) is 4.49. The van der Waals surface area contributed by atoms with Crippen molar-refractivity contribution in [1.29, 1.82) is 5.26 Å². The number of hydrogen-bond donors (Lipinski definition) is 2. The summed E-state index contributed by atoms with van der Waals surface area (Å²) in [7, 11) is 1.58. The lowest BCUT2D eigenvalue weighted by Gasteiger charge is -2.06. The fourth-order valence-corrected chi connectivity index (χ4v) is 2.05. The van der Waals surface area contributed by atoms with Gasteiger partial charge in [0.05, 0.1) is 23.8 Å². The van der Waals surface area contributed by atoms with Crippen molar-refractivity contribution < 1.29 is 4.74 Å². The third-order valence-corrected chi connectivity index (χ3v) is 3.11. The van der Waals surface area contributed by atoms with Crippen molar-refractivity contribution in [1.82, 2.24) is 9.97 Å². The molecule has 0 unspecified atom stereocenters. The fraction of sp³-hybridized carbons (Fsp3) is 0.0625. The Balaban J connectivity index is 1.92. The molecule has 0 aliphatic rings. The van der Waals surface area contributed by atoms with Gasteiger partial charge < -0.3 is 9.72 Å². The van der Waals surface area contributed by atoms with Crippen LogP contribution in [0.1, 0.15) is 5.82 Å². The highest BCUT2D eigenvalue weighted by Gasteiger charge is 2.09.